The van der Waals surface area contributed by atoms with Crippen LogP contribution in [0.5, 0.6) is 0 Å². The van der Waals surface area contributed by atoms with Crippen LogP contribution in [0.4, 0.5) is 34.1 Å². The van der Waals surface area contributed by atoms with Crippen molar-refractivity contribution in [1.29, 1.82) is 0 Å². The van der Waals surface area contributed by atoms with E-state index < -0.39 is 0 Å². The lowest BCUT2D eigenvalue weighted by Crippen LogP contribution is -2.09. The van der Waals surface area contributed by atoms with Crippen molar-refractivity contribution < 1.29 is 0 Å². The first-order valence-corrected chi connectivity index (χ1v) is 17.9. The lowest BCUT2D eigenvalue weighted by molar-refractivity contribution is 1.28. The van der Waals surface area contributed by atoms with Gasteiger partial charge in [0, 0.05) is 34.1 Å². The molecule has 0 atom stereocenters. The van der Waals surface area contributed by atoms with Crippen molar-refractivity contribution in [2.75, 3.05) is 9.80 Å². The van der Waals surface area contributed by atoms with Crippen LogP contribution >= 0.6 is 0 Å². The third kappa shape index (κ3) is 6.75. The molecule has 0 radical (unpaired) electrons. The molecular formula is C50H40N2. The third-order valence-electron chi connectivity index (χ3n) is 9.57. The quantitative estimate of drug-likeness (QED) is 0.151. The number of hydrogen-bond acceptors (Lipinski definition) is 2. The van der Waals surface area contributed by atoms with Crippen LogP contribution in [0.25, 0.3) is 33.4 Å². The number of aryl methyl sites for hydroxylation is 2. The zero-order valence-corrected chi connectivity index (χ0v) is 29.5. The van der Waals surface area contributed by atoms with Gasteiger partial charge in [-0.1, -0.05) is 145 Å². The molecule has 250 valence electrons. The lowest BCUT2D eigenvalue weighted by Gasteiger charge is -2.26. The standard InChI is InChI=1S/C50H40N2/c1-37-23-33-47(49(35-37)39-25-29-45(30-26-39)51(41-15-7-3-8-16-41)42-17-9-4-10-18-42)48-34-24-38(2)36-50(48)40-27-31-46(32-28-40)52(43-19-11-5-12-20-43)44-21-13-6-14-22-44/h3-36H,1-2H3. The molecule has 52 heavy (non-hydrogen) atoms. The molecule has 0 aliphatic rings. The summed E-state index contributed by atoms with van der Waals surface area (Å²) in [7, 11) is 0. The number of nitrogens with zero attached hydrogens (tertiary/aromatic N) is 2. The number of benzene rings is 8. The number of rotatable bonds is 9. The molecule has 0 saturated carbocycles. The normalized spacial score (nSPS) is 10.9. The molecule has 0 spiro atoms. The number of anilines is 6. The Morgan fingerprint density at radius 2 is 0.519 bits per heavy atom. The Balaban J connectivity index is 1.18. The van der Waals surface area contributed by atoms with Crippen molar-refractivity contribution in [1.82, 2.24) is 0 Å². The molecule has 8 aromatic rings. The molecule has 0 N–H and O–H groups in total. The van der Waals surface area contributed by atoms with Crippen LogP contribution in [0.1, 0.15) is 11.1 Å². The van der Waals surface area contributed by atoms with Gasteiger partial charge in [-0.05, 0) is 120 Å². The molecule has 8 aromatic carbocycles. The first kappa shape index (κ1) is 32.6. The van der Waals surface area contributed by atoms with Gasteiger partial charge in [-0.2, -0.15) is 0 Å². The predicted octanol–water partition coefficient (Wildman–Crippen LogP) is 14.2. The van der Waals surface area contributed by atoms with E-state index in [1.54, 1.807) is 0 Å². The van der Waals surface area contributed by atoms with E-state index in [2.05, 4.69) is 230 Å². The molecule has 2 nitrogen and oxygen atoms in total. The Hall–Kier alpha value is -6.64. The third-order valence-corrected chi connectivity index (χ3v) is 9.57. The van der Waals surface area contributed by atoms with E-state index in [-0.39, 0.29) is 0 Å². The van der Waals surface area contributed by atoms with E-state index >= 15 is 0 Å². The maximum absolute atomic E-state index is 2.32. The summed E-state index contributed by atoms with van der Waals surface area (Å²) in [6.45, 7) is 4.35. The van der Waals surface area contributed by atoms with Crippen LogP contribution in [0, 0.1) is 13.8 Å². The first-order chi connectivity index (χ1) is 25.6. The van der Waals surface area contributed by atoms with E-state index in [1.807, 2.05) is 0 Å². The highest BCUT2D eigenvalue weighted by molar-refractivity contribution is 5.93. The molecular weight excluding hydrogens is 629 g/mol. The van der Waals surface area contributed by atoms with Gasteiger partial charge in [0.1, 0.15) is 0 Å². The Labute approximate surface area is 307 Å². The second kappa shape index (κ2) is 14.7. The average molecular weight is 669 g/mol. The van der Waals surface area contributed by atoms with Crippen LogP contribution in [0.3, 0.4) is 0 Å². The monoisotopic (exact) mass is 668 g/mol. The van der Waals surface area contributed by atoms with Gasteiger partial charge in [-0.25, -0.2) is 0 Å². The van der Waals surface area contributed by atoms with E-state index in [9.17, 15) is 0 Å². The van der Waals surface area contributed by atoms with E-state index in [0.717, 1.165) is 34.1 Å². The van der Waals surface area contributed by atoms with Gasteiger partial charge in [0.2, 0.25) is 0 Å². The molecule has 0 aliphatic heterocycles. The van der Waals surface area contributed by atoms with Crippen LogP contribution in [0.2, 0.25) is 0 Å². The van der Waals surface area contributed by atoms with E-state index in [0.29, 0.717) is 0 Å². The van der Waals surface area contributed by atoms with Gasteiger partial charge in [0.15, 0.2) is 0 Å². The van der Waals surface area contributed by atoms with Crippen molar-refractivity contribution in [2.45, 2.75) is 13.8 Å². The topological polar surface area (TPSA) is 6.48 Å². The summed E-state index contributed by atoms with van der Waals surface area (Å²) in [6.07, 6.45) is 0. The van der Waals surface area contributed by atoms with Gasteiger partial charge in [0.05, 0.1) is 0 Å². The molecule has 0 unspecified atom stereocenters. The summed E-state index contributed by atoms with van der Waals surface area (Å²) < 4.78 is 0. The molecule has 0 fully saturated rings. The zero-order valence-electron chi connectivity index (χ0n) is 29.5. The smallest absolute Gasteiger partial charge is 0.0462 e. The highest BCUT2D eigenvalue weighted by atomic mass is 15.1. The summed E-state index contributed by atoms with van der Waals surface area (Å²) >= 11 is 0. The highest BCUT2D eigenvalue weighted by Crippen LogP contribution is 2.42. The summed E-state index contributed by atoms with van der Waals surface area (Å²) in [5.74, 6) is 0. The van der Waals surface area contributed by atoms with Gasteiger partial charge in [-0.15, -0.1) is 0 Å². The Morgan fingerprint density at radius 1 is 0.250 bits per heavy atom. The summed E-state index contributed by atoms with van der Waals surface area (Å²) in [5.41, 5.74) is 16.5. The minimum absolute atomic E-state index is 1.12. The SMILES string of the molecule is Cc1ccc(-c2ccc(C)cc2-c2ccc(N(c3ccccc3)c3ccccc3)cc2)c(-c2ccc(N(c3ccccc3)c3ccccc3)cc2)c1. The molecule has 0 aliphatic carbocycles. The summed E-state index contributed by atoms with van der Waals surface area (Å²) in [4.78, 5) is 4.61. The minimum atomic E-state index is 1.12. The predicted molar refractivity (Wildman–Crippen MR) is 222 cm³/mol. The number of hydrogen-bond donors (Lipinski definition) is 0. The van der Waals surface area contributed by atoms with Crippen molar-refractivity contribution in [2.24, 2.45) is 0 Å². The van der Waals surface area contributed by atoms with Crippen LogP contribution in [0.15, 0.2) is 206 Å². The van der Waals surface area contributed by atoms with Crippen LogP contribution in [-0.2, 0) is 0 Å². The fourth-order valence-corrected chi connectivity index (χ4v) is 7.05. The maximum Gasteiger partial charge on any atom is 0.0462 e. The second-order valence-electron chi connectivity index (χ2n) is 13.2. The van der Waals surface area contributed by atoms with Crippen molar-refractivity contribution in [3.8, 4) is 33.4 Å². The Kier molecular flexibility index (Phi) is 9.19. The Morgan fingerprint density at radius 3 is 0.808 bits per heavy atom. The fourth-order valence-electron chi connectivity index (χ4n) is 7.05. The van der Waals surface area contributed by atoms with Crippen LogP contribution < -0.4 is 9.80 Å². The van der Waals surface area contributed by atoms with Gasteiger partial charge in [-0.3, -0.25) is 0 Å². The van der Waals surface area contributed by atoms with Crippen molar-refractivity contribution >= 4 is 34.1 Å². The summed E-state index contributed by atoms with van der Waals surface area (Å²) in [6, 6.07) is 73.9. The van der Waals surface area contributed by atoms with Crippen molar-refractivity contribution in [3.05, 3.63) is 217 Å². The maximum atomic E-state index is 2.32. The van der Waals surface area contributed by atoms with E-state index in [4.69, 9.17) is 0 Å². The second-order valence-corrected chi connectivity index (χ2v) is 13.2. The molecule has 0 bridgehead atoms. The highest BCUT2D eigenvalue weighted by Gasteiger charge is 2.17. The summed E-state index contributed by atoms with van der Waals surface area (Å²) in [5, 5.41) is 0. The van der Waals surface area contributed by atoms with Gasteiger partial charge < -0.3 is 9.80 Å². The van der Waals surface area contributed by atoms with Gasteiger partial charge in [0.25, 0.3) is 0 Å². The molecule has 0 aromatic heterocycles. The zero-order chi connectivity index (χ0) is 35.3. The Bertz CT molecular complexity index is 2130. The van der Waals surface area contributed by atoms with E-state index in [1.165, 1.54) is 44.5 Å². The molecule has 0 amide bonds. The molecule has 0 heterocycles. The molecule has 2 heteroatoms. The van der Waals surface area contributed by atoms with Gasteiger partial charge >= 0.3 is 0 Å². The molecule has 0 saturated heterocycles. The lowest BCUT2D eigenvalue weighted by atomic mass is 9.87. The minimum Gasteiger partial charge on any atom is -0.311 e. The first-order valence-electron chi connectivity index (χ1n) is 17.9. The van der Waals surface area contributed by atoms with Crippen LogP contribution in [-0.4, -0.2) is 0 Å². The molecule has 8 rings (SSSR count). The largest absolute Gasteiger partial charge is 0.311 e. The fraction of sp³-hybridized carbons (Fsp3) is 0.0400. The average Bonchev–Trinajstić information content (AvgIpc) is 3.20. The number of para-hydroxylation sites is 4. The van der Waals surface area contributed by atoms with Crippen molar-refractivity contribution in [3.63, 3.8) is 0 Å².